The van der Waals surface area contributed by atoms with Gasteiger partial charge in [0.2, 0.25) is 0 Å². The monoisotopic (exact) mass is 162 g/mol. The Morgan fingerprint density at radius 3 is 2.60 bits per heavy atom. The summed E-state index contributed by atoms with van der Waals surface area (Å²) in [6.45, 7) is 0. The second-order valence-electron chi connectivity index (χ2n) is 2.92. The second-order valence-corrected chi connectivity index (χ2v) is 4.08. The quantitative estimate of drug-likeness (QED) is 0.572. The zero-order valence-electron chi connectivity index (χ0n) is 5.53. The normalized spacial score (nSPS) is 47.9. The van der Waals surface area contributed by atoms with E-state index in [1.165, 1.54) is 0 Å². The standard InChI is InChI=1S/C6H10O3S/c7-10(8)6-3-4-1-2-5(6)9-4/h4-6H,1-3H2,(H,7,8)/t4-,5+,6+/m0/s1. The fourth-order valence-corrected chi connectivity index (χ4v) is 2.64. The molecule has 2 fully saturated rings. The van der Waals surface area contributed by atoms with Crippen LogP contribution in [0.5, 0.6) is 0 Å². The molecule has 2 saturated heterocycles. The molecule has 2 rings (SSSR count). The summed E-state index contributed by atoms with van der Waals surface area (Å²) in [6.07, 6.45) is 3.20. The first kappa shape index (κ1) is 6.76. The van der Waals surface area contributed by atoms with Crippen molar-refractivity contribution >= 4 is 11.1 Å². The maximum absolute atomic E-state index is 10.6. The maximum Gasteiger partial charge on any atom is 0.158 e. The molecule has 0 aromatic rings. The van der Waals surface area contributed by atoms with Gasteiger partial charge in [-0.2, -0.15) is 0 Å². The predicted molar refractivity (Wildman–Crippen MR) is 37.1 cm³/mol. The van der Waals surface area contributed by atoms with Crippen LogP contribution >= 0.6 is 0 Å². The third kappa shape index (κ3) is 0.909. The van der Waals surface area contributed by atoms with Crippen LogP contribution < -0.4 is 0 Å². The van der Waals surface area contributed by atoms with Crippen molar-refractivity contribution in [1.29, 1.82) is 0 Å². The lowest BCUT2D eigenvalue weighted by atomic mass is 10.0. The summed E-state index contributed by atoms with van der Waals surface area (Å²) in [6, 6.07) is 0. The molecule has 10 heavy (non-hydrogen) atoms. The van der Waals surface area contributed by atoms with Crippen LogP contribution in [0, 0.1) is 0 Å². The Kier molecular flexibility index (Phi) is 1.55. The summed E-state index contributed by atoms with van der Waals surface area (Å²) >= 11 is -1.67. The van der Waals surface area contributed by atoms with Gasteiger partial charge in [-0.15, -0.1) is 0 Å². The van der Waals surface area contributed by atoms with Crippen molar-refractivity contribution in [2.45, 2.75) is 36.7 Å². The van der Waals surface area contributed by atoms with Gasteiger partial charge in [-0.25, -0.2) is 4.21 Å². The average Bonchev–Trinajstić information content (AvgIpc) is 2.44. The lowest BCUT2D eigenvalue weighted by molar-refractivity contribution is 0.105. The van der Waals surface area contributed by atoms with Gasteiger partial charge in [-0.3, -0.25) is 0 Å². The van der Waals surface area contributed by atoms with Gasteiger partial charge in [0.25, 0.3) is 0 Å². The van der Waals surface area contributed by atoms with E-state index in [0.717, 1.165) is 19.3 Å². The molecule has 3 nitrogen and oxygen atoms in total. The minimum atomic E-state index is -1.67. The van der Waals surface area contributed by atoms with Crippen LogP contribution in [0.4, 0.5) is 0 Å². The molecule has 2 bridgehead atoms. The lowest BCUT2D eigenvalue weighted by Gasteiger charge is -2.13. The van der Waals surface area contributed by atoms with E-state index in [1.54, 1.807) is 0 Å². The number of hydrogen-bond donors (Lipinski definition) is 1. The zero-order valence-corrected chi connectivity index (χ0v) is 6.34. The Bertz CT molecular complexity index is 170. The van der Waals surface area contributed by atoms with E-state index in [-0.39, 0.29) is 17.5 Å². The summed E-state index contributed by atoms with van der Waals surface area (Å²) < 4.78 is 24.8. The highest BCUT2D eigenvalue weighted by Gasteiger charge is 2.43. The van der Waals surface area contributed by atoms with E-state index in [4.69, 9.17) is 9.29 Å². The fraction of sp³-hybridized carbons (Fsp3) is 1.00. The second kappa shape index (κ2) is 2.29. The Balaban J connectivity index is 2.08. The lowest BCUT2D eigenvalue weighted by Crippen LogP contribution is -2.26. The first-order valence-corrected chi connectivity index (χ1v) is 4.69. The van der Waals surface area contributed by atoms with Crippen LogP contribution in [0.15, 0.2) is 0 Å². The molecule has 1 N–H and O–H groups in total. The Hall–Kier alpha value is 0.0700. The molecule has 0 aromatic carbocycles. The Morgan fingerprint density at radius 2 is 2.30 bits per heavy atom. The van der Waals surface area contributed by atoms with E-state index in [9.17, 15) is 4.21 Å². The third-order valence-electron chi connectivity index (χ3n) is 2.31. The highest BCUT2D eigenvalue weighted by molar-refractivity contribution is 7.80. The summed E-state index contributed by atoms with van der Waals surface area (Å²) in [5.74, 6) is 0. The number of hydrogen-bond acceptors (Lipinski definition) is 2. The molecular formula is C6H10O3S. The minimum absolute atomic E-state index is 0.0795. The molecule has 0 amide bonds. The number of fused-ring (bicyclic) bond motifs is 2. The van der Waals surface area contributed by atoms with E-state index in [0.29, 0.717) is 0 Å². The molecule has 2 aliphatic heterocycles. The van der Waals surface area contributed by atoms with Gasteiger partial charge in [0.15, 0.2) is 11.1 Å². The van der Waals surface area contributed by atoms with Crippen molar-refractivity contribution in [3.8, 4) is 0 Å². The van der Waals surface area contributed by atoms with Gasteiger partial charge < -0.3 is 9.29 Å². The predicted octanol–water partition coefficient (Wildman–Crippen LogP) is 0.528. The molecule has 58 valence electrons. The Labute approximate surface area is 62.0 Å². The highest BCUT2D eigenvalue weighted by Crippen LogP contribution is 2.36. The van der Waals surface area contributed by atoms with Crippen LogP contribution in [0.25, 0.3) is 0 Å². The number of ether oxygens (including phenoxy) is 1. The fourth-order valence-electron chi connectivity index (χ4n) is 1.80. The molecule has 0 saturated carbocycles. The molecule has 0 aliphatic carbocycles. The van der Waals surface area contributed by atoms with Crippen molar-refractivity contribution in [2.24, 2.45) is 0 Å². The molecule has 0 aromatic heterocycles. The third-order valence-corrected chi connectivity index (χ3v) is 3.32. The smallest absolute Gasteiger partial charge is 0.158 e. The van der Waals surface area contributed by atoms with Crippen LogP contribution in [0.2, 0.25) is 0 Å². The molecule has 0 spiro atoms. The highest BCUT2D eigenvalue weighted by atomic mass is 32.2. The molecule has 4 heteroatoms. The summed E-state index contributed by atoms with van der Waals surface area (Å²) in [5.41, 5.74) is 0. The van der Waals surface area contributed by atoms with Crippen LogP contribution in [-0.2, 0) is 15.8 Å². The summed E-state index contributed by atoms with van der Waals surface area (Å²) in [7, 11) is 0. The van der Waals surface area contributed by atoms with Gasteiger partial charge in [-0.1, -0.05) is 0 Å². The number of rotatable bonds is 1. The SMILES string of the molecule is O=S(O)[C@@H]1C[C@@H]2CC[C@H]1O2. The van der Waals surface area contributed by atoms with E-state index >= 15 is 0 Å². The minimum Gasteiger partial charge on any atom is -0.374 e. The van der Waals surface area contributed by atoms with Crippen LogP contribution in [0.1, 0.15) is 19.3 Å². The molecule has 2 heterocycles. The van der Waals surface area contributed by atoms with Gasteiger partial charge in [0, 0.05) is 0 Å². The van der Waals surface area contributed by atoms with E-state index in [1.807, 2.05) is 0 Å². The largest absolute Gasteiger partial charge is 0.374 e. The zero-order chi connectivity index (χ0) is 7.14. The van der Waals surface area contributed by atoms with Gasteiger partial charge in [0.1, 0.15) is 0 Å². The van der Waals surface area contributed by atoms with Crippen LogP contribution in [0.3, 0.4) is 0 Å². The summed E-state index contributed by atoms with van der Waals surface area (Å²) in [4.78, 5) is 0. The summed E-state index contributed by atoms with van der Waals surface area (Å²) in [5, 5.41) is -0.0984. The molecule has 0 radical (unpaired) electrons. The molecule has 2 aliphatic rings. The van der Waals surface area contributed by atoms with Crippen molar-refractivity contribution in [2.75, 3.05) is 0 Å². The van der Waals surface area contributed by atoms with Gasteiger partial charge >= 0.3 is 0 Å². The molecular weight excluding hydrogens is 152 g/mol. The van der Waals surface area contributed by atoms with Crippen molar-refractivity contribution in [3.63, 3.8) is 0 Å². The topological polar surface area (TPSA) is 46.5 Å². The van der Waals surface area contributed by atoms with Gasteiger partial charge in [0.05, 0.1) is 17.5 Å². The molecule has 4 atom stereocenters. The van der Waals surface area contributed by atoms with E-state index < -0.39 is 11.1 Å². The van der Waals surface area contributed by atoms with Crippen molar-refractivity contribution in [1.82, 2.24) is 0 Å². The van der Waals surface area contributed by atoms with E-state index in [2.05, 4.69) is 0 Å². The molecule has 1 unspecified atom stereocenters. The Morgan fingerprint density at radius 1 is 1.50 bits per heavy atom. The average molecular weight is 162 g/mol. The maximum atomic E-state index is 10.6. The van der Waals surface area contributed by atoms with Crippen LogP contribution in [-0.4, -0.2) is 26.2 Å². The van der Waals surface area contributed by atoms with Gasteiger partial charge in [-0.05, 0) is 19.3 Å². The first-order valence-electron chi connectivity index (χ1n) is 3.52. The van der Waals surface area contributed by atoms with Crippen molar-refractivity contribution in [3.05, 3.63) is 0 Å². The van der Waals surface area contributed by atoms with Crippen molar-refractivity contribution < 1.29 is 13.5 Å². The first-order chi connectivity index (χ1) is 4.77.